The van der Waals surface area contributed by atoms with Gasteiger partial charge in [0.1, 0.15) is 0 Å². The summed E-state index contributed by atoms with van der Waals surface area (Å²) in [5, 5.41) is 26.1. The molecule has 0 radical (unpaired) electrons. The second-order valence-corrected chi connectivity index (χ2v) is 1.97. The molecule has 0 aromatic heterocycles. The molecule has 1 aliphatic heterocycles. The van der Waals surface area contributed by atoms with Gasteiger partial charge in [0.25, 0.3) is 0 Å². The molecule has 58 valence electrons. The average molecular weight is 371 g/mol. The minimum Gasteiger partial charge on any atom is -0.544 e. The molecule has 1 saturated heterocycles. The van der Waals surface area contributed by atoms with E-state index in [1.54, 1.807) is 0 Å². The molecule has 1 fully saturated rings. The summed E-state index contributed by atoms with van der Waals surface area (Å²) in [7, 11) is 0. The summed E-state index contributed by atoms with van der Waals surface area (Å²) in [6, 6.07) is 0. The third kappa shape index (κ3) is 2.19. The van der Waals surface area contributed by atoms with Crippen LogP contribution >= 0.6 is 0 Å². The maximum absolute atomic E-state index is 8.89. The van der Waals surface area contributed by atoms with Gasteiger partial charge in [-0.2, -0.15) is 6.61 Å². The zero-order valence-corrected chi connectivity index (χ0v) is 9.43. The molecule has 3 atom stereocenters. The summed E-state index contributed by atoms with van der Waals surface area (Å²) in [4.78, 5) is 0. The van der Waals surface area contributed by atoms with Crippen LogP contribution in [0.2, 0.25) is 0 Å². The van der Waals surface area contributed by atoms with Crippen molar-refractivity contribution in [2.45, 2.75) is 18.3 Å². The van der Waals surface area contributed by atoms with Gasteiger partial charge < -0.3 is 20.1 Å². The summed E-state index contributed by atoms with van der Waals surface area (Å²) in [6.45, 7) is 0.848. The number of aliphatic hydroxyl groups excluding tert-OH is 3. The van der Waals surface area contributed by atoms with Crippen molar-refractivity contribution in [3.05, 3.63) is 6.61 Å². The van der Waals surface area contributed by atoms with E-state index in [2.05, 4.69) is 4.74 Å². The van der Waals surface area contributed by atoms with Crippen molar-refractivity contribution in [3.63, 3.8) is 0 Å². The third-order valence-electron chi connectivity index (χ3n) is 1.30. The zero-order valence-electron chi connectivity index (χ0n) is 5.27. The molecule has 0 aromatic carbocycles. The first-order chi connectivity index (χ1) is 4.25. The first-order valence-corrected chi connectivity index (χ1v) is 2.71. The maximum Gasteiger partial charge on any atom is 0.0794 e. The van der Waals surface area contributed by atoms with E-state index in [1.165, 1.54) is 0 Å². The Hall–Kier alpha value is 0.892. The molecule has 0 bridgehead atoms. The molecule has 1 heterocycles. The smallest absolute Gasteiger partial charge is 0.0794 e. The summed E-state index contributed by atoms with van der Waals surface area (Å²) in [5.41, 5.74) is 0. The Morgan fingerprint density at radius 1 is 1.40 bits per heavy atom. The molecule has 2 unspecified atom stereocenters. The molecular weight excluding hydrogens is 362 g/mol. The second kappa shape index (κ2) is 4.71. The minimum absolute atomic E-state index is 0. The first-order valence-electron chi connectivity index (χ1n) is 2.71. The number of hydrogen-bond donors (Lipinski definition) is 3. The molecule has 0 aromatic rings. The van der Waals surface area contributed by atoms with Crippen LogP contribution < -0.4 is 0 Å². The number of aliphatic hydroxyl groups is 3. The van der Waals surface area contributed by atoms with E-state index in [4.69, 9.17) is 15.3 Å². The number of hydrogen-bond acceptors (Lipinski definition) is 4. The van der Waals surface area contributed by atoms with Crippen LogP contribution in [0.15, 0.2) is 0 Å². The summed E-state index contributed by atoms with van der Waals surface area (Å²) in [6.07, 6.45) is -2.59. The van der Waals surface area contributed by atoms with Gasteiger partial charge >= 0.3 is 0 Å². The van der Waals surface area contributed by atoms with E-state index in [-0.39, 0.29) is 37.7 Å². The van der Waals surface area contributed by atoms with Crippen molar-refractivity contribution < 1.29 is 51.2 Å². The normalized spacial score (nSPS) is 39.3. The van der Waals surface area contributed by atoms with Gasteiger partial charge in [-0.15, -0.1) is 0 Å². The topological polar surface area (TPSA) is 69.9 Å². The fourth-order valence-corrected chi connectivity index (χ4v) is 0.713. The van der Waals surface area contributed by atoms with Gasteiger partial charge in [-0.3, -0.25) is 0 Å². The van der Waals surface area contributed by atoms with E-state index in [9.17, 15) is 0 Å². The Morgan fingerprint density at radius 3 is 2.20 bits per heavy atom. The molecule has 5 heteroatoms. The average Bonchev–Trinajstić information content (AvgIpc) is 2.15. The second-order valence-electron chi connectivity index (χ2n) is 1.97. The van der Waals surface area contributed by atoms with Gasteiger partial charge in [-0.1, -0.05) is 0 Å². The Morgan fingerprint density at radius 2 is 2.00 bits per heavy atom. The minimum atomic E-state index is -0.977. The molecule has 1 aliphatic rings. The van der Waals surface area contributed by atoms with Gasteiger partial charge in [0.15, 0.2) is 0 Å². The Labute approximate surface area is 82.6 Å². The van der Waals surface area contributed by atoms with Crippen LogP contribution in [-0.4, -0.2) is 40.2 Å². The summed E-state index contributed by atoms with van der Waals surface area (Å²) in [5.74, 6) is 0. The fraction of sp³-hybridized carbons (Fsp3) is 0.800. The predicted octanol–water partition coefficient (Wildman–Crippen LogP) is -1.74. The van der Waals surface area contributed by atoms with Gasteiger partial charge in [0.05, 0.1) is 18.8 Å². The van der Waals surface area contributed by atoms with Gasteiger partial charge in [-0.05, 0) is 6.10 Å². The molecule has 10 heavy (non-hydrogen) atoms. The summed E-state index contributed by atoms with van der Waals surface area (Å²) >= 11 is 0. The monoisotopic (exact) mass is 371 g/mol. The maximum atomic E-state index is 8.89. The van der Waals surface area contributed by atoms with E-state index < -0.39 is 18.3 Å². The standard InChI is InChI=1S/C5H9O4.U/c6-1-4-5(8)3(7)2-9-4;/h2-8H,1H2;/q-1;/t3?,4-,5?;/m1./s1. The fourth-order valence-electron chi connectivity index (χ4n) is 0.713. The molecular formula is C5H9O4U-. The van der Waals surface area contributed by atoms with Crippen LogP contribution in [0.1, 0.15) is 0 Å². The molecule has 4 nitrogen and oxygen atoms in total. The quantitative estimate of drug-likeness (QED) is 0.479. The van der Waals surface area contributed by atoms with Crippen LogP contribution in [0, 0.1) is 37.7 Å². The van der Waals surface area contributed by atoms with E-state index in [1.807, 2.05) is 0 Å². The Kier molecular flexibility index (Phi) is 5.13. The van der Waals surface area contributed by atoms with Crippen LogP contribution in [-0.2, 0) is 4.74 Å². The third-order valence-corrected chi connectivity index (χ3v) is 1.30. The predicted molar refractivity (Wildman–Crippen MR) is 28.3 cm³/mol. The van der Waals surface area contributed by atoms with E-state index in [0.29, 0.717) is 0 Å². The zero-order chi connectivity index (χ0) is 6.85. The molecule has 0 spiro atoms. The van der Waals surface area contributed by atoms with Crippen molar-refractivity contribution in [1.29, 1.82) is 0 Å². The molecule has 3 N–H and O–H groups in total. The molecule has 0 saturated carbocycles. The van der Waals surface area contributed by atoms with Crippen molar-refractivity contribution in [2.24, 2.45) is 0 Å². The number of ether oxygens (including phenoxy) is 1. The van der Waals surface area contributed by atoms with Crippen molar-refractivity contribution >= 4 is 0 Å². The van der Waals surface area contributed by atoms with Crippen LogP contribution in [0.5, 0.6) is 0 Å². The SMILES string of the molecule is OC[C@H]1O[CH-]C(O)C1O.[U]. The van der Waals surface area contributed by atoms with Gasteiger partial charge in [0.2, 0.25) is 0 Å². The molecule has 0 aliphatic carbocycles. The van der Waals surface area contributed by atoms with Crippen molar-refractivity contribution in [3.8, 4) is 0 Å². The van der Waals surface area contributed by atoms with E-state index in [0.717, 1.165) is 6.61 Å². The Balaban J connectivity index is 0.000000810. The van der Waals surface area contributed by atoms with Crippen molar-refractivity contribution in [1.82, 2.24) is 0 Å². The van der Waals surface area contributed by atoms with Crippen molar-refractivity contribution in [2.75, 3.05) is 6.61 Å². The van der Waals surface area contributed by atoms with E-state index >= 15 is 0 Å². The van der Waals surface area contributed by atoms with Crippen LogP contribution in [0.4, 0.5) is 0 Å². The van der Waals surface area contributed by atoms with Crippen LogP contribution in [0.3, 0.4) is 0 Å². The van der Waals surface area contributed by atoms with Gasteiger partial charge in [-0.25, -0.2) is 0 Å². The van der Waals surface area contributed by atoms with Crippen LogP contribution in [0.25, 0.3) is 0 Å². The van der Waals surface area contributed by atoms with Gasteiger partial charge in [0, 0.05) is 31.1 Å². The largest absolute Gasteiger partial charge is 0.544 e. The molecule has 1 rings (SSSR count). The molecule has 0 amide bonds. The number of rotatable bonds is 1. The first kappa shape index (κ1) is 10.9. The Bertz CT molecular complexity index is 99.6. The summed E-state index contributed by atoms with van der Waals surface area (Å²) < 4.78 is 4.65.